The summed E-state index contributed by atoms with van der Waals surface area (Å²) >= 11 is 0. The summed E-state index contributed by atoms with van der Waals surface area (Å²) in [5, 5.41) is 0. The lowest BCUT2D eigenvalue weighted by atomic mass is 9.84. The molecule has 8 heteroatoms. The molecular weight excluding hydrogens is 472 g/mol. The minimum Gasteiger partial charge on any atom is -0.462 e. The van der Waals surface area contributed by atoms with E-state index in [0.29, 0.717) is 25.0 Å². The van der Waals surface area contributed by atoms with E-state index in [9.17, 15) is 14.4 Å². The van der Waals surface area contributed by atoms with Gasteiger partial charge in [-0.25, -0.2) is 9.78 Å². The lowest BCUT2D eigenvalue weighted by molar-refractivity contribution is -0.159. The fourth-order valence-electron chi connectivity index (χ4n) is 4.61. The zero-order valence-corrected chi connectivity index (χ0v) is 22.4. The topological polar surface area (TPSA) is 96.7 Å². The maximum atomic E-state index is 12.9. The quantitative estimate of drug-likeness (QED) is 0.247. The minimum atomic E-state index is -0.810. The van der Waals surface area contributed by atoms with Crippen LogP contribution in [0.3, 0.4) is 0 Å². The average molecular weight is 509 g/mol. The van der Waals surface area contributed by atoms with Gasteiger partial charge in [-0.15, -0.1) is 0 Å². The Kier molecular flexibility index (Phi) is 9.44. The fraction of sp³-hybridized carbons (Fsp3) is 0.448. The lowest BCUT2D eigenvalue weighted by Gasteiger charge is -2.29. The molecule has 0 aliphatic heterocycles. The maximum absolute atomic E-state index is 12.9. The van der Waals surface area contributed by atoms with Crippen LogP contribution >= 0.6 is 0 Å². The molecule has 1 aromatic carbocycles. The summed E-state index contributed by atoms with van der Waals surface area (Å²) in [6.07, 6.45) is 9.23. The lowest BCUT2D eigenvalue weighted by Crippen LogP contribution is -2.36. The Bertz CT molecular complexity index is 1190. The maximum Gasteiger partial charge on any atom is 0.331 e. The molecule has 1 heterocycles. The van der Waals surface area contributed by atoms with Gasteiger partial charge in [0, 0.05) is 52.4 Å². The molecule has 0 bridgehead atoms. The van der Waals surface area contributed by atoms with Crippen LogP contribution in [0.2, 0.25) is 0 Å². The summed E-state index contributed by atoms with van der Waals surface area (Å²) in [5.74, 6) is -1.16. The molecule has 198 valence electrons. The second-order valence-electron chi connectivity index (χ2n) is 9.73. The Morgan fingerprint density at radius 2 is 1.78 bits per heavy atom. The van der Waals surface area contributed by atoms with E-state index in [1.807, 2.05) is 20.0 Å². The van der Waals surface area contributed by atoms with Gasteiger partial charge in [0.2, 0.25) is 0 Å². The molecular formula is C29H36N2O6. The SMILES string of the molecule is CC(=O)OC1C/C=C\C(OC(C)=O)C(OC(=O)/C=C/c2cn(C)cn2)Cc2c(C)ccc(C(C)C)c2C1. The number of fused-ring (bicyclic) bond motifs is 1. The van der Waals surface area contributed by atoms with Gasteiger partial charge >= 0.3 is 17.9 Å². The van der Waals surface area contributed by atoms with Crippen molar-refractivity contribution in [2.75, 3.05) is 0 Å². The van der Waals surface area contributed by atoms with Gasteiger partial charge in [-0.3, -0.25) is 9.59 Å². The van der Waals surface area contributed by atoms with Crippen molar-refractivity contribution in [3.63, 3.8) is 0 Å². The molecule has 8 nitrogen and oxygen atoms in total. The van der Waals surface area contributed by atoms with Gasteiger partial charge in [-0.1, -0.05) is 32.1 Å². The Hall–Kier alpha value is -3.68. The molecule has 3 unspecified atom stereocenters. The van der Waals surface area contributed by atoms with Crippen LogP contribution in [0, 0.1) is 6.92 Å². The van der Waals surface area contributed by atoms with Gasteiger partial charge in [-0.05, 0) is 47.2 Å². The molecule has 37 heavy (non-hydrogen) atoms. The number of hydrogen-bond donors (Lipinski definition) is 0. The standard InChI is InChI=1S/C29H36N2O6/c1-18(2)24-12-10-19(3)25-15-28(37-29(34)13-11-22-16-31(6)17-30-22)27(36-21(5)33)9-7-8-23(14-26(24)25)35-20(4)32/h7,9-13,16-18,23,27-28H,8,14-15H2,1-6H3/b9-7-,13-11+. The van der Waals surface area contributed by atoms with Crippen LogP contribution < -0.4 is 0 Å². The minimum absolute atomic E-state index is 0.234. The summed E-state index contributed by atoms with van der Waals surface area (Å²) in [4.78, 5) is 40.8. The van der Waals surface area contributed by atoms with Crippen molar-refractivity contribution in [2.45, 2.75) is 78.1 Å². The molecule has 0 saturated carbocycles. The number of nitrogens with zero attached hydrogens (tertiary/aromatic N) is 2. The van der Waals surface area contributed by atoms with Crippen LogP contribution in [-0.4, -0.2) is 45.8 Å². The van der Waals surface area contributed by atoms with Gasteiger partial charge in [0.25, 0.3) is 0 Å². The first-order valence-corrected chi connectivity index (χ1v) is 12.5. The number of carbonyl (C=O) groups is 3. The van der Waals surface area contributed by atoms with Crippen LogP contribution in [-0.2, 0) is 48.5 Å². The second kappa shape index (κ2) is 12.5. The van der Waals surface area contributed by atoms with Gasteiger partial charge in [-0.2, -0.15) is 0 Å². The molecule has 1 aliphatic rings. The smallest absolute Gasteiger partial charge is 0.331 e. The molecule has 0 saturated heterocycles. The van der Waals surface area contributed by atoms with Crippen LogP contribution in [0.1, 0.15) is 68.0 Å². The van der Waals surface area contributed by atoms with Crippen molar-refractivity contribution in [2.24, 2.45) is 7.05 Å². The van der Waals surface area contributed by atoms with Gasteiger partial charge < -0.3 is 18.8 Å². The van der Waals surface area contributed by atoms with Crippen molar-refractivity contribution < 1.29 is 28.6 Å². The first kappa shape index (κ1) is 27.9. The van der Waals surface area contributed by atoms with Crippen LogP contribution in [0.4, 0.5) is 0 Å². The van der Waals surface area contributed by atoms with Crippen LogP contribution in [0.25, 0.3) is 6.08 Å². The molecule has 3 rings (SSSR count). The van der Waals surface area contributed by atoms with E-state index in [4.69, 9.17) is 14.2 Å². The van der Waals surface area contributed by atoms with E-state index in [0.717, 1.165) is 22.3 Å². The van der Waals surface area contributed by atoms with Crippen molar-refractivity contribution in [1.29, 1.82) is 0 Å². The van der Waals surface area contributed by atoms with Crippen molar-refractivity contribution in [1.82, 2.24) is 9.55 Å². The van der Waals surface area contributed by atoms with E-state index in [2.05, 4.69) is 31.0 Å². The number of carbonyl (C=O) groups excluding carboxylic acids is 3. The summed E-state index contributed by atoms with van der Waals surface area (Å²) in [7, 11) is 1.84. The Morgan fingerprint density at radius 3 is 2.41 bits per heavy atom. The number of benzene rings is 1. The third kappa shape index (κ3) is 7.90. The Morgan fingerprint density at radius 1 is 1.05 bits per heavy atom. The summed E-state index contributed by atoms with van der Waals surface area (Å²) in [5.41, 5.74) is 4.87. The number of ether oxygens (including phenoxy) is 3. The number of imidazole rings is 1. The number of aromatic nitrogens is 2. The number of aryl methyl sites for hydroxylation is 2. The average Bonchev–Trinajstić information content (AvgIpc) is 3.22. The van der Waals surface area contributed by atoms with Gasteiger partial charge in [0.15, 0.2) is 6.10 Å². The highest BCUT2D eigenvalue weighted by atomic mass is 16.6. The predicted molar refractivity (Wildman–Crippen MR) is 140 cm³/mol. The van der Waals surface area contributed by atoms with Crippen molar-refractivity contribution in [3.8, 4) is 0 Å². The van der Waals surface area contributed by atoms with Gasteiger partial charge in [0.05, 0.1) is 12.0 Å². The van der Waals surface area contributed by atoms with E-state index in [1.165, 1.54) is 19.9 Å². The molecule has 0 radical (unpaired) electrons. The molecule has 1 aliphatic carbocycles. The van der Waals surface area contributed by atoms with Crippen molar-refractivity contribution in [3.05, 3.63) is 70.8 Å². The van der Waals surface area contributed by atoms with Crippen LogP contribution in [0.15, 0.2) is 42.9 Å². The molecule has 0 N–H and O–H groups in total. The van der Waals surface area contributed by atoms with E-state index in [1.54, 1.807) is 29.2 Å². The highest BCUT2D eigenvalue weighted by molar-refractivity contribution is 5.86. The highest BCUT2D eigenvalue weighted by Crippen LogP contribution is 2.31. The third-order valence-corrected chi connectivity index (χ3v) is 6.27. The van der Waals surface area contributed by atoms with Gasteiger partial charge in [0.1, 0.15) is 12.2 Å². The zero-order valence-electron chi connectivity index (χ0n) is 22.4. The summed E-state index contributed by atoms with van der Waals surface area (Å²) < 4.78 is 18.9. The molecule has 0 spiro atoms. The van der Waals surface area contributed by atoms with Crippen molar-refractivity contribution >= 4 is 24.0 Å². The largest absolute Gasteiger partial charge is 0.462 e. The fourth-order valence-corrected chi connectivity index (χ4v) is 4.61. The Labute approximate surface area is 218 Å². The number of rotatable bonds is 6. The zero-order chi connectivity index (χ0) is 27.1. The monoisotopic (exact) mass is 508 g/mol. The third-order valence-electron chi connectivity index (χ3n) is 6.27. The number of hydrogen-bond acceptors (Lipinski definition) is 7. The second-order valence-corrected chi connectivity index (χ2v) is 9.73. The van der Waals surface area contributed by atoms with Crippen LogP contribution in [0.5, 0.6) is 0 Å². The van der Waals surface area contributed by atoms with E-state index < -0.39 is 24.1 Å². The molecule has 3 atom stereocenters. The van der Waals surface area contributed by atoms with E-state index >= 15 is 0 Å². The molecule has 0 amide bonds. The predicted octanol–water partition coefficient (Wildman–Crippen LogP) is 4.39. The first-order chi connectivity index (χ1) is 17.5. The number of esters is 3. The molecule has 1 aromatic heterocycles. The first-order valence-electron chi connectivity index (χ1n) is 12.5. The Balaban J connectivity index is 2.02. The normalized spacial score (nSPS) is 20.8. The van der Waals surface area contributed by atoms with E-state index in [-0.39, 0.29) is 18.0 Å². The summed E-state index contributed by atoms with van der Waals surface area (Å²) in [6, 6.07) is 4.16. The molecule has 0 fully saturated rings. The molecule has 2 aromatic rings. The summed E-state index contributed by atoms with van der Waals surface area (Å²) in [6.45, 7) is 8.97. The highest BCUT2D eigenvalue weighted by Gasteiger charge is 2.30.